The van der Waals surface area contributed by atoms with Crippen LogP contribution in [0.2, 0.25) is 0 Å². The van der Waals surface area contributed by atoms with E-state index in [1.54, 1.807) is 12.3 Å². The number of dihydropyridines is 1. The van der Waals surface area contributed by atoms with E-state index in [1.807, 2.05) is 42.5 Å². The van der Waals surface area contributed by atoms with E-state index in [4.69, 9.17) is 0 Å². The van der Waals surface area contributed by atoms with Gasteiger partial charge in [-0.25, -0.2) is 4.98 Å². The molecule has 1 aromatic heterocycles. The molecule has 0 bridgehead atoms. The summed E-state index contributed by atoms with van der Waals surface area (Å²) in [7, 11) is 0. The first kappa shape index (κ1) is 17.2. The maximum atomic E-state index is 12.5. The van der Waals surface area contributed by atoms with Crippen LogP contribution in [0.1, 0.15) is 18.2 Å². The smallest absolute Gasteiger partial charge is 0.238 e. The zero-order chi connectivity index (χ0) is 17.5. The minimum atomic E-state index is -0.346. The fraction of sp³-hybridized carbons (Fsp3) is 0.222. The van der Waals surface area contributed by atoms with Gasteiger partial charge >= 0.3 is 0 Å². The zero-order valence-electron chi connectivity index (χ0n) is 13.6. The molecule has 0 fully saturated rings. The average molecular weight is 353 g/mol. The van der Waals surface area contributed by atoms with Gasteiger partial charge in [-0.15, -0.1) is 11.7 Å². The molecule has 0 aliphatic carbocycles. The molecule has 0 radical (unpaired) electrons. The number of H-pyrrole nitrogens is 1. The van der Waals surface area contributed by atoms with Crippen molar-refractivity contribution in [2.24, 2.45) is 4.99 Å². The predicted octanol–water partition coefficient (Wildman–Crippen LogP) is 3.20. The number of carbonyl (C=O) groups is 1. The van der Waals surface area contributed by atoms with Gasteiger partial charge in [0.15, 0.2) is 0 Å². The first-order chi connectivity index (χ1) is 12.3. The van der Waals surface area contributed by atoms with Crippen molar-refractivity contribution < 1.29 is 4.79 Å². The molecule has 25 heavy (non-hydrogen) atoms. The molecule has 2 heterocycles. The molecule has 6 nitrogen and oxygen atoms in total. The molecule has 2 N–H and O–H groups in total. The highest BCUT2D eigenvalue weighted by Gasteiger charge is 2.22. The Bertz CT molecular complexity index is 784. The molecule has 1 aliphatic rings. The van der Waals surface area contributed by atoms with Crippen LogP contribution in [-0.2, 0) is 4.79 Å². The first-order valence-electron chi connectivity index (χ1n) is 7.98. The number of aliphatic imine (C=N–C) groups is 1. The van der Waals surface area contributed by atoms with Crippen LogP contribution in [0.5, 0.6) is 0 Å². The van der Waals surface area contributed by atoms with Gasteiger partial charge in [0.2, 0.25) is 11.1 Å². The molecule has 2 atom stereocenters. The minimum absolute atomic E-state index is 0.0930. The first-order valence-corrected chi connectivity index (χ1v) is 8.86. The van der Waals surface area contributed by atoms with Crippen molar-refractivity contribution in [1.29, 1.82) is 0 Å². The quantitative estimate of drug-likeness (QED) is 0.591. The van der Waals surface area contributed by atoms with E-state index in [2.05, 4.69) is 32.1 Å². The third-order valence-corrected chi connectivity index (χ3v) is 4.72. The second-order valence-electron chi connectivity index (χ2n) is 5.49. The van der Waals surface area contributed by atoms with Gasteiger partial charge < -0.3 is 5.32 Å². The molecular formula is C18H19N5OS. The number of aromatic nitrogens is 3. The Balaban J connectivity index is 1.66. The topological polar surface area (TPSA) is 83.0 Å². The average Bonchev–Trinajstić information content (AvgIpc) is 3.11. The lowest BCUT2D eigenvalue weighted by Crippen LogP contribution is -2.24. The lowest BCUT2D eigenvalue weighted by atomic mass is 10.1. The van der Waals surface area contributed by atoms with Gasteiger partial charge in [0.25, 0.3) is 0 Å². The number of carbonyl (C=O) groups excluding carboxylic acids is 1. The van der Waals surface area contributed by atoms with Crippen LogP contribution in [0.15, 0.2) is 65.3 Å². The summed E-state index contributed by atoms with van der Waals surface area (Å²) in [4.78, 5) is 21.3. The van der Waals surface area contributed by atoms with Gasteiger partial charge in [0.05, 0.1) is 17.7 Å². The molecule has 3 rings (SSSR count). The van der Waals surface area contributed by atoms with Gasteiger partial charge in [0.1, 0.15) is 5.82 Å². The lowest BCUT2D eigenvalue weighted by molar-refractivity contribution is -0.115. The Morgan fingerprint density at radius 2 is 2.28 bits per heavy atom. The molecule has 1 amide bonds. The Hall–Kier alpha value is -2.67. The highest BCUT2D eigenvalue weighted by atomic mass is 32.2. The third kappa shape index (κ3) is 4.67. The summed E-state index contributed by atoms with van der Waals surface area (Å²) >= 11 is 1.33. The second kappa shape index (κ2) is 8.43. The van der Waals surface area contributed by atoms with Crippen molar-refractivity contribution in [2.45, 2.75) is 22.7 Å². The monoisotopic (exact) mass is 353 g/mol. The number of nitrogens with one attached hydrogen (secondary N) is 2. The summed E-state index contributed by atoms with van der Waals surface area (Å²) in [6.07, 6.45) is 7.97. The highest BCUT2D eigenvalue weighted by Crippen LogP contribution is 2.26. The number of thioether (sulfide) groups is 1. The van der Waals surface area contributed by atoms with Crippen LogP contribution >= 0.6 is 11.8 Å². The zero-order valence-corrected chi connectivity index (χ0v) is 14.4. The second-order valence-corrected chi connectivity index (χ2v) is 6.66. The summed E-state index contributed by atoms with van der Waals surface area (Å²) in [6, 6.07) is 9.38. The van der Waals surface area contributed by atoms with Crippen molar-refractivity contribution >= 4 is 29.6 Å². The Morgan fingerprint density at radius 3 is 3.00 bits per heavy atom. The molecule has 128 valence electrons. The van der Waals surface area contributed by atoms with Crippen molar-refractivity contribution in [2.75, 3.05) is 11.9 Å². The number of rotatable bonds is 7. The summed E-state index contributed by atoms with van der Waals surface area (Å²) in [5, 5.41) is 10.3. The molecule has 0 saturated carbocycles. The van der Waals surface area contributed by atoms with E-state index in [0.29, 0.717) is 18.1 Å². The van der Waals surface area contributed by atoms with Crippen LogP contribution in [0.3, 0.4) is 0 Å². The van der Waals surface area contributed by atoms with E-state index in [-0.39, 0.29) is 17.1 Å². The van der Waals surface area contributed by atoms with Gasteiger partial charge in [-0.1, -0.05) is 42.1 Å². The Kier molecular flexibility index (Phi) is 5.79. The summed E-state index contributed by atoms with van der Waals surface area (Å²) in [5.74, 6) is 0.767. The highest BCUT2D eigenvalue weighted by molar-refractivity contribution is 8.00. The fourth-order valence-electron chi connectivity index (χ4n) is 2.37. The van der Waals surface area contributed by atoms with Crippen LogP contribution in [0.25, 0.3) is 0 Å². The molecule has 0 spiro atoms. The van der Waals surface area contributed by atoms with Crippen molar-refractivity contribution in [3.05, 3.63) is 61.0 Å². The Labute approximate surface area is 150 Å². The van der Waals surface area contributed by atoms with Crippen LogP contribution in [0, 0.1) is 0 Å². The largest absolute Gasteiger partial charge is 0.325 e. The van der Waals surface area contributed by atoms with Crippen LogP contribution in [0.4, 0.5) is 5.69 Å². The van der Waals surface area contributed by atoms with Crippen molar-refractivity contribution in [1.82, 2.24) is 15.2 Å². The molecule has 0 saturated heterocycles. The van der Waals surface area contributed by atoms with E-state index >= 15 is 0 Å². The number of para-hydroxylation sites is 1. The summed E-state index contributed by atoms with van der Waals surface area (Å²) < 4.78 is 0. The van der Waals surface area contributed by atoms with Gasteiger partial charge in [0, 0.05) is 11.9 Å². The van der Waals surface area contributed by atoms with Crippen LogP contribution < -0.4 is 5.32 Å². The molecule has 1 aliphatic heterocycles. The number of allylic oxidation sites excluding steroid dienone is 2. The molecular weight excluding hydrogens is 334 g/mol. The number of nitrogens with zero attached hydrogens (tertiary/aromatic N) is 3. The Morgan fingerprint density at radius 1 is 1.44 bits per heavy atom. The van der Waals surface area contributed by atoms with Crippen molar-refractivity contribution in [3.63, 3.8) is 0 Å². The van der Waals surface area contributed by atoms with E-state index in [0.717, 1.165) is 11.5 Å². The minimum Gasteiger partial charge on any atom is -0.325 e. The fourth-order valence-corrected chi connectivity index (χ4v) is 3.27. The van der Waals surface area contributed by atoms with E-state index in [1.165, 1.54) is 11.8 Å². The van der Waals surface area contributed by atoms with Crippen LogP contribution in [-0.4, -0.2) is 39.1 Å². The van der Waals surface area contributed by atoms with E-state index in [9.17, 15) is 4.79 Å². The third-order valence-electron chi connectivity index (χ3n) is 3.63. The maximum absolute atomic E-state index is 12.5. The summed E-state index contributed by atoms with van der Waals surface area (Å²) in [6.45, 7) is 4.40. The lowest BCUT2D eigenvalue weighted by Gasteiger charge is -2.13. The number of hydrogen-bond donors (Lipinski definition) is 2. The predicted molar refractivity (Wildman–Crippen MR) is 101 cm³/mol. The number of amides is 1. The standard InChI is InChI=1S/C18H19N5OS/c1-2-7-15(17(24)20-14-9-4-3-5-10-14)25-18-21-16(22-23-18)13-8-6-11-19-12-13/h2-6,8-11,13,15H,1,7,12H2,(H,20,24)(H,21,22,23). The number of benzene rings is 1. The number of aromatic amines is 1. The SMILES string of the molecule is C=CCC(Sc1n[nH]c(C2C=CC=NC2)n1)C(=O)Nc1ccccc1. The molecule has 2 aromatic rings. The molecule has 7 heteroatoms. The van der Waals surface area contributed by atoms with Gasteiger partial charge in [-0.3, -0.25) is 14.9 Å². The molecule has 2 unspecified atom stereocenters. The van der Waals surface area contributed by atoms with Gasteiger partial charge in [-0.2, -0.15) is 0 Å². The summed E-state index contributed by atoms with van der Waals surface area (Å²) in [5.41, 5.74) is 0.767. The number of hydrogen-bond acceptors (Lipinski definition) is 5. The number of anilines is 1. The van der Waals surface area contributed by atoms with E-state index < -0.39 is 0 Å². The molecule has 1 aromatic carbocycles. The van der Waals surface area contributed by atoms with Gasteiger partial charge in [-0.05, 0) is 24.6 Å². The normalized spacial score (nSPS) is 17.2. The maximum Gasteiger partial charge on any atom is 0.238 e. The van der Waals surface area contributed by atoms with Crippen molar-refractivity contribution in [3.8, 4) is 0 Å².